The summed E-state index contributed by atoms with van der Waals surface area (Å²) in [6.07, 6.45) is 3.24. The van der Waals surface area contributed by atoms with Gasteiger partial charge in [-0.3, -0.25) is 0 Å². The van der Waals surface area contributed by atoms with Crippen LogP contribution in [0, 0.1) is 6.92 Å². The molecule has 0 aliphatic carbocycles. The Bertz CT molecular complexity index is 473. The summed E-state index contributed by atoms with van der Waals surface area (Å²) in [7, 11) is 0. The van der Waals surface area contributed by atoms with Gasteiger partial charge in [-0.05, 0) is 36.4 Å². The van der Waals surface area contributed by atoms with Crippen molar-refractivity contribution in [3.05, 3.63) is 42.0 Å². The van der Waals surface area contributed by atoms with Gasteiger partial charge in [-0.15, -0.1) is 0 Å². The number of aryl methyl sites for hydroxylation is 1. The zero-order valence-corrected chi connectivity index (χ0v) is 9.74. The molecular weight excluding hydrogens is 220 g/mol. The van der Waals surface area contributed by atoms with Gasteiger partial charge < -0.3 is 5.73 Å². The zero-order chi connectivity index (χ0) is 11.4. The van der Waals surface area contributed by atoms with Crippen LogP contribution in [0.15, 0.2) is 40.8 Å². The molecule has 0 saturated carbocycles. The summed E-state index contributed by atoms with van der Waals surface area (Å²) in [5.74, 6) is 0. The van der Waals surface area contributed by atoms with Gasteiger partial charge in [0.15, 0.2) is 0 Å². The van der Waals surface area contributed by atoms with E-state index in [4.69, 9.17) is 5.73 Å². The van der Waals surface area contributed by atoms with Gasteiger partial charge >= 0.3 is 0 Å². The van der Waals surface area contributed by atoms with E-state index in [0.29, 0.717) is 6.54 Å². The SMILES string of the molecule is Cc1ccc(CN)c(Sc2ccncn2)n1. The molecule has 0 amide bonds. The summed E-state index contributed by atoms with van der Waals surface area (Å²) >= 11 is 1.51. The Balaban J connectivity index is 2.30. The molecule has 82 valence electrons. The van der Waals surface area contributed by atoms with Crippen molar-refractivity contribution in [2.75, 3.05) is 0 Å². The Labute approximate surface area is 98.3 Å². The zero-order valence-electron chi connectivity index (χ0n) is 8.92. The fourth-order valence-corrected chi connectivity index (χ4v) is 2.14. The van der Waals surface area contributed by atoms with Crippen molar-refractivity contribution in [1.29, 1.82) is 0 Å². The number of hydrogen-bond donors (Lipinski definition) is 1. The quantitative estimate of drug-likeness (QED) is 0.817. The summed E-state index contributed by atoms with van der Waals surface area (Å²) in [6.45, 7) is 2.45. The first-order valence-electron chi connectivity index (χ1n) is 4.90. The monoisotopic (exact) mass is 232 g/mol. The number of hydrogen-bond acceptors (Lipinski definition) is 5. The van der Waals surface area contributed by atoms with Crippen molar-refractivity contribution in [3.63, 3.8) is 0 Å². The Kier molecular flexibility index (Phi) is 3.48. The molecule has 4 nitrogen and oxygen atoms in total. The van der Waals surface area contributed by atoms with E-state index in [1.54, 1.807) is 6.20 Å². The van der Waals surface area contributed by atoms with E-state index in [0.717, 1.165) is 21.3 Å². The number of aromatic nitrogens is 3. The molecule has 0 aromatic carbocycles. The van der Waals surface area contributed by atoms with Crippen LogP contribution >= 0.6 is 11.8 Å². The highest BCUT2D eigenvalue weighted by atomic mass is 32.2. The van der Waals surface area contributed by atoms with Gasteiger partial charge in [0, 0.05) is 18.4 Å². The second-order valence-corrected chi connectivity index (χ2v) is 4.28. The molecule has 0 saturated heterocycles. The Morgan fingerprint density at radius 1 is 1.31 bits per heavy atom. The Morgan fingerprint density at radius 2 is 2.19 bits per heavy atom. The van der Waals surface area contributed by atoms with Crippen molar-refractivity contribution in [2.24, 2.45) is 5.73 Å². The van der Waals surface area contributed by atoms with Crippen LogP contribution in [0.3, 0.4) is 0 Å². The van der Waals surface area contributed by atoms with Crippen LogP contribution in [0.25, 0.3) is 0 Å². The van der Waals surface area contributed by atoms with Crippen LogP contribution in [0.5, 0.6) is 0 Å². The predicted octanol–water partition coefficient (Wildman–Crippen LogP) is 1.79. The largest absolute Gasteiger partial charge is 0.326 e. The van der Waals surface area contributed by atoms with E-state index in [1.165, 1.54) is 18.1 Å². The van der Waals surface area contributed by atoms with E-state index >= 15 is 0 Å². The number of nitrogens with zero attached hydrogens (tertiary/aromatic N) is 3. The average Bonchev–Trinajstić information content (AvgIpc) is 2.31. The molecule has 0 radical (unpaired) electrons. The van der Waals surface area contributed by atoms with Gasteiger partial charge in [-0.1, -0.05) is 6.07 Å². The molecule has 0 unspecified atom stereocenters. The fraction of sp³-hybridized carbons (Fsp3) is 0.182. The second kappa shape index (κ2) is 5.05. The summed E-state index contributed by atoms with van der Waals surface area (Å²) in [4.78, 5) is 12.5. The van der Waals surface area contributed by atoms with E-state index in [1.807, 2.05) is 25.1 Å². The number of pyridine rings is 1. The van der Waals surface area contributed by atoms with Gasteiger partial charge in [0.2, 0.25) is 0 Å². The molecule has 0 aliphatic heterocycles. The van der Waals surface area contributed by atoms with Crippen molar-refractivity contribution >= 4 is 11.8 Å². The lowest BCUT2D eigenvalue weighted by Gasteiger charge is -2.06. The van der Waals surface area contributed by atoms with E-state index < -0.39 is 0 Å². The molecule has 2 N–H and O–H groups in total. The lowest BCUT2D eigenvalue weighted by atomic mass is 10.2. The number of nitrogens with two attached hydrogens (primary N) is 1. The van der Waals surface area contributed by atoms with Crippen LogP contribution in [0.4, 0.5) is 0 Å². The molecule has 5 heteroatoms. The molecule has 16 heavy (non-hydrogen) atoms. The first-order valence-corrected chi connectivity index (χ1v) is 5.71. The van der Waals surface area contributed by atoms with Gasteiger partial charge in [-0.2, -0.15) is 0 Å². The molecule has 2 aromatic rings. The lowest BCUT2D eigenvalue weighted by molar-refractivity contribution is 0.936. The van der Waals surface area contributed by atoms with Crippen LogP contribution in [-0.2, 0) is 6.54 Å². The molecule has 0 spiro atoms. The average molecular weight is 232 g/mol. The Hall–Kier alpha value is -1.46. The highest BCUT2D eigenvalue weighted by Crippen LogP contribution is 2.26. The van der Waals surface area contributed by atoms with Gasteiger partial charge in [0.05, 0.1) is 0 Å². The van der Waals surface area contributed by atoms with E-state index in [2.05, 4.69) is 15.0 Å². The molecule has 2 aromatic heterocycles. The minimum Gasteiger partial charge on any atom is -0.326 e. The minimum absolute atomic E-state index is 0.487. The fourth-order valence-electron chi connectivity index (χ4n) is 1.24. The highest BCUT2D eigenvalue weighted by Gasteiger charge is 2.06. The third kappa shape index (κ3) is 2.56. The van der Waals surface area contributed by atoms with Crippen LogP contribution in [0.1, 0.15) is 11.3 Å². The van der Waals surface area contributed by atoms with Gasteiger partial charge in [0.25, 0.3) is 0 Å². The first-order chi connectivity index (χ1) is 7.79. The first kappa shape index (κ1) is 11.0. The third-order valence-electron chi connectivity index (χ3n) is 2.05. The molecule has 0 aliphatic rings. The summed E-state index contributed by atoms with van der Waals surface area (Å²) in [6, 6.07) is 5.83. The van der Waals surface area contributed by atoms with Crippen LogP contribution in [0.2, 0.25) is 0 Å². The normalized spacial score (nSPS) is 10.4. The minimum atomic E-state index is 0.487. The molecule has 0 bridgehead atoms. The lowest BCUT2D eigenvalue weighted by Crippen LogP contribution is -2.01. The second-order valence-electron chi connectivity index (χ2n) is 3.27. The van der Waals surface area contributed by atoms with Crippen molar-refractivity contribution < 1.29 is 0 Å². The summed E-state index contributed by atoms with van der Waals surface area (Å²) < 4.78 is 0. The van der Waals surface area contributed by atoms with Crippen molar-refractivity contribution in [2.45, 2.75) is 23.5 Å². The maximum atomic E-state index is 5.67. The molecule has 0 fully saturated rings. The molecule has 2 rings (SSSR count). The summed E-state index contributed by atoms with van der Waals surface area (Å²) in [5.41, 5.74) is 7.68. The van der Waals surface area contributed by atoms with Crippen LogP contribution < -0.4 is 5.73 Å². The highest BCUT2D eigenvalue weighted by molar-refractivity contribution is 7.99. The van der Waals surface area contributed by atoms with Gasteiger partial charge in [-0.25, -0.2) is 15.0 Å². The number of rotatable bonds is 3. The molecular formula is C11H12N4S. The predicted molar refractivity (Wildman–Crippen MR) is 63.0 cm³/mol. The smallest absolute Gasteiger partial charge is 0.116 e. The van der Waals surface area contributed by atoms with Crippen LogP contribution in [-0.4, -0.2) is 15.0 Å². The maximum Gasteiger partial charge on any atom is 0.116 e. The van der Waals surface area contributed by atoms with Crippen molar-refractivity contribution in [3.8, 4) is 0 Å². The van der Waals surface area contributed by atoms with Gasteiger partial charge in [0.1, 0.15) is 16.4 Å². The van der Waals surface area contributed by atoms with E-state index in [-0.39, 0.29) is 0 Å². The molecule has 0 atom stereocenters. The standard InChI is InChI=1S/C11H12N4S/c1-8-2-3-9(6-12)11(15-8)16-10-4-5-13-7-14-10/h2-5,7H,6,12H2,1H3. The topological polar surface area (TPSA) is 64.7 Å². The van der Waals surface area contributed by atoms with E-state index in [9.17, 15) is 0 Å². The van der Waals surface area contributed by atoms with Crippen molar-refractivity contribution in [1.82, 2.24) is 15.0 Å². The third-order valence-corrected chi connectivity index (χ3v) is 3.05. The Morgan fingerprint density at radius 3 is 2.88 bits per heavy atom. The maximum absolute atomic E-state index is 5.67. The molecule has 2 heterocycles. The summed E-state index contributed by atoms with van der Waals surface area (Å²) in [5, 5.41) is 1.80.